The minimum Gasteiger partial charge on any atom is -0.469 e. The summed E-state index contributed by atoms with van der Waals surface area (Å²) in [4.78, 5) is 13.1. The van der Waals surface area contributed by atoms with Gasteiger partial charge in [-0.2, -0.15) is 0 Å². The Morgan fingerprint density at radius 3 is 1.44 bits per heavy atom. The highest BCUT2D eigenvalue weighted by atomic mass is 28.4. The molecule has 4 atom stereocenters. The number of carbonyl (C=O) groups is 1. The molecule has 2 aromatic rings. The van der Waals surface area contributed by atoms with Crippen LogP contribution in [0.1, 0.15) is 75.2 Å². The Kier molecular flexibility index (Phi) is 13.9. The number of hydrogen-bond acceptors (Lipinski definition) is 5. The number of hydrogen-bond donors (Lipinski definition) is 0. The average Bonchev–Trinajstić information content (AvgIpc) is 3.37. The summed E-state index contributed by atoms with van der Waals surface area (Å²) in [5.41, 5.74) is 0. The molecule has 2 aromatic carbocycles. The van der Waals surface area contributed by atoms with Gasteiger partial charge in [0.2, 0.25) is 0 Å². The van der Waals surface area contributed by atoms with E-state index in [1.165, 1.54) is 17.5 Å². The molecular formula is C37H62O5Si3. The molecule has 0 unspecified atom stereocenters. The topological polar surface area (TPSA) is 54.0 Å². The molecule has 0 spiro atoms. The molecule has 1 saturated carbocycles. The SMILES string of the molecule is CC[Si](CC)(CC)O[C@H]1C[C@@H](O[Si](CC)(CC)CC)[C@@H](CC(=O)OC)[C@H]1CO[Si](c1ccccc1)(c1ccccc1)C(C)(C)C. The standard InChI is InChI=1S/C37H62O5Si3/c1-11-43(12-2,13-3)41-34-28-35(42-44(14-4,15-5)16-6)33(32(34)27-36(38)39-10)29-40-45(37(7,8)9,30-23-19-17-20-24-30)31-25-21-18-22-26-31/h17-26,32-35H,11-16,27-29H2,1-10H3/t32-,33+,34+,35-/m0/s1. The lowest BCUT2D eigenvalue weighted by Crippen LogP contribution is -2.67. The average molecular weight is 671 g/mol. The van der Waals surface area contributed by atoms with E-state index < -0.39 is 25.0 Å². The summed E-state index contributed by atoms with van der Waals surface area (Å²) in [5.74, 6) is -0.162. The van der Waals surface area contributed by atoms with Crippen molar-refractivity contribution in [1.29, 1.82) is 0 Å². The highest BCUT2D eigenvalue weighted by molar-refractivity contribution is 6.99. The maximum Gasteiger partial charge on any atom is 0.305 e. The zero-order valence-corrected chi connectivity index (χ0v) is 33.0. The first kappa shape index (κ1) is 37.9. The molecule has 0 bridgehead atoms. The molecule has 1 fully saturated rings. The first-order chi connectivity index (χ1) is 21.4. The van der Waals surface area contributed by atoms with Gasteiger partial charge in [-0.05, 0) is 58.1 Å². The Morgan fingerprint density at radius 2 is 1.09 bits per heavy atom. The van der Waals surface area contributed by atoms with E-state index in [1.54, 1.807) is 0 Å². The summed E-state index contributed by atoms with van der Waals surface area (Å²) in [6, 6.07) is 28.2. The summed E-state index contributed by atoms with van der Waals surface area (Å²) in [6.07, 6.45) is 1.10. The zero-order chi connectivity index (χ0) is 33.3. The van der Waals surface area contributed by atoms with Gasteiger partial charge in [-0.3, -0.25) is 4.79 Å². The van der Waals surface area contributed by atoms with Crippen LogP contribution in [0.25, 0.3) is 0 Å². The second-order valence-electron chi connectivity index (χ2n) is 14.1. The van der Waals surface area contributed by atoms with E-state index in [2.05, 4.69) is 123 Å². The molecule has 0 saturated heterocycles. The van der Waals surface area contributed by atoms with Crippen molar-refractivity contribution in [2.45, 2.75) is 129 Å². The van der Waals surface area contributed by atoms with Crippen molar-refractivity contribution in [3.05, 3.63) is 60.7 Å². The molecule has 1 aliphatic rings. The van der Waals surface area contributed by atoms with E-state index >= 15 is 0 Å². The molecule has 0 heterocycles. The first-order valence-electron chi connectivity index (χ1n) is 17.6. The van der Waals surface area contributed by atoms with Crippen LogP contribution in [0.5, 0.6) is 0 Å². The van der Waals surface area contributed by atoms with Crippen molar-refractivity contribution in [3.63, 3.8) is 0 Å². The van der Waals surface area contributed by atoms with Crippen LogP contribution < -0.4 is 10.4 Å². The van der Waals surface area contributed by atoms with Crippen molar-refractivity contribution in [3.8, 4) is 0 Å². The van der Waals surface area contributed by atoms with Crippen LogP contribution in [0.4, 0.5) is 0 Å². The molecule has 5 nitrogen and oxygen atoms in total. The molecule has 1 aliphatic carbocycles. The molecule has 252 valence electrons. The molecule has 0 aromatic heterocycles. The molecule has 0 radical (unpaired) electrons. The van der Waals surface area contributed by atoms with Gasteiger partial charge in [0, 0.05) is 18.4 Å². The zero-order valence-electron chi connectivity index (χ0n) is 30.0. The van der Waals surface area contributed by atoms with E-state index in [0.717, 1.165) is 42.7 Å². The van der Waals surface area contributed by atoms with E-state index in [9.17, 15) is 4.79 Å². The van der Waals surface area contributed by atoms with E-state index in [0.29, 0.717) is 13.0 Å². The summed E-state index contributed by atoms with van der Waals surface area (Å²) in [7, 11) is -5.20. The van der Waals surface area contributed by atoms with Crippen molar-refractivity contribution < 1.29 is 22.8 Å². The van der Waals surface area contributed by atoms with Crippen molar-refractivity contribution >= 4 is 41.3 Å². The third-order valence-corrected chi connectivity index (χ3v) is 25.5. The number of rotatable bonds is 17. The number of methoxy groups -OCH3 is 1. The minimum absolute atomic E-state index is 0.00773. The van der Waals surface area contributed by atoms with Crippen LogP contribution in [0, 0.1) is 11.8 Å². The second-order valence-corrected chi connectivity index (χ2v) is 27.9. The predicted molar refractivity (Wildman–Crippen MR) is 196 cm³/mol. The maximum atomic E-state index is 13.1. The third kappa shape index (κ3) is 8.30. The number of ether oxygens (including phenoxy) is 1. The second kappa shape index (κ2) is 16.5. The Morgan fingerprint density at radius 1 is 0.689 bits per heavy atom. The fraction of sp³-hybridized carbons (Fsp3) is 0.649. The van der Waals surface area contributed by atoms with Gasteiger partial charge in [-0.1, -0.05) is 123 Å². The molecule has 0 N–H and O–H groups in total. The summed E-state index contributed by atoms with van der Waals surface area (Å²) in [6.45, 7) is 21.2. The molecular weight excluding hydrogens is 609 g/mol. The van der Waals surface area contributed by atoms with E-state index in [4.69, 9.17) is 18.0 Å². The van der Waals surface area contributed by atoms with Gasteiger partial charge in [-0.25, -0.2) is 0 Å². The quantitative estimate of drug-likeness (QED) is 0.125. The molecule has 8 heteroatoms. The predicted octanol–water partition coefficient (Wildman–Crippen LogP) is 8.54. The summed E-state index contributed by atoms with van der Waals surface area (Å²) >= 11 is 0. The number of benzene rings is 2. The summed E-state index contributed by atoms with van der Waals surface area (Å²) < 4.78 is 27.5. The summed E-state index contributed by atoms with van der Waals surface area (Å²) in [5, 5.41) is 2.40. The Balaban J connectivity index is 2.17. The Hall–Kier alpha value is -1.56. The van der Waals surface area contributed by atoms with Gasteiger partial charge in [-0.15, -0.1) is 0 Å². The van der Waals surface area contributed by atoms with Crippen LogP contribution in [0.3, 0.4) is 0 Å². The van der Waals surface area contributed by atoms with Crippen molar-refractivity contribution in [1.82, 2.24) is 0 Å². The normalized spacial score (nSPS) is 21.2. The lowest BCUT2D eigenvalue weighted by Gasteiger charge is -2.44. The van der Waals surface area contributed by atoms with Crippen LogP contribution in [0.15, 0.2) is 60.7 Å². The van der Waals surface area contributed by atoms with E-state index in [1.807, 2.05) is 0 Å². The van der Waals surface area contributed by atoms with Crippen LogP contribution >= 0.6 is 0 Å². The van der Waals surface area contributed by atoms with Crippen LogP contribution in [0.2, 0.25) is 41.3 Å². The fourth-order valence-corrected chi connectivity index (χ4v) is 18.2. The molecule has 0 aliphatic heterocycles. The van der Waals surface area contributed by atoms with Crippen molar-refractivity contribution in [2.24, 2.45) is 11.8 Å². The Bertz CT molecular complexity index is 1110. The molecule has 45 heavy (non-hydrogen) atoms. The lowest BCUT2D eigenvalue weighted by molar-refractivity contribution is -0.143. The largest absolute Gasteiger partial charge is 0.469 e. The monoisotopic (exact) mass is 670 g/mol. The number of carbonyl (C=O) groups excluding carboxylic acids is 1. The third-order valence-electron chi connectivity index (χ3n) is 11.2. The van der Waals surface area contributed by atoms with Crippen LogP contribution in [-0.4, -0.2) is 56.8 Å². The first-order valence-corrected chi connectivity index (χ1v) is 24.6. The smallest absolute Gasteiger partial charge is 0.305 e. The molecule has 3 rings (SSSR count). The highest BCUT2D eigenvalue weighted by Gasteiger charge is 2.54. The Labute approximate surface area is 278 Å². The fourth-order valence-electron chi connectivity index (χ4n) is 7.82. The minimum atomic E-state index is -2.79. The van der Waals surface area contributed by atoms with Gasteiger partial charge < -0.3 is 18.0 Å². The molecule has 0 amide bonds. The van der Waals surface area contributed by atoms with Crippen molar-refractivity contribution in [2.75, 3.05) is 13.7 Å². The van der Waals surface area contributed by atoms with E-state index in [-0.39, 0.29) is 35.1 Å². The van der Waals surface area contributed by atoms with Gasteiger partial charge >= 0.3 is 5.97 Å². The highest BCUT2D eigenvalue weighted by Crippen LogP contribution is 2.45. The van der Waals surface area contributed by atoms with Gasteiger partial charge in [0.1, 0.15) is 0 Å². The number of esters is 1. The lowest BCUT2D eigenvalue weighted by atomic mass is 9.91. The van der Waals surface area contributed by atoms with Gasteiger partial charge in [0.25, 0.3) is 8.32 Å². The van der Waals surface area contributed by atoms with Gasteiger partial charge in [0.15, 0.2) is 16.6 Å². The maximum absolute atomic E-state index is 13.1. The van der Waals surface area contributed by atoms with Crippen LogP contribution in [-0.2, 0) is 22.8 Å². The van der Waals surface area contributed by atoms with Gasteiger partial charge in [0.05, 0.1) is 25.7 Å².